The molecular formula is C21H22N2O. The topological polar surface area (TPSA) is 25.4 Å². The number of hydrogen-bond donors (Lipinski definition) is 0. The molecule has 2 heterocycles. The molecule has 0 saturated carbocycles. The summed E-state index contributed by atoms with van der Waals surface area (Å²) in [5.41, 5.74) is 2.48. The predicted octanol–water partition coefficient (Wildman–Crippen LogP) is 4.23. The van der Waals surface area contributed by atoms with Crippen molar-refractivity contribution in [3.63, 3.8) is 0 Å². The minimum Gasteiger partial charge on any atom is -0.496 e. The van der Waals surface area contributed by atoms with E-state index in [2.05, 4.69) is 47.4 Å². The third-order valence-corrected chi connectivity index (χ3v) is 4.93. The van der Waals surface area contributed by atoms with Crippen LogP contribution in [0.4, 0.5) is 0 Å². The molecule has 122 valence electrons. The zero-order chi connectivity index (χ0) is 16.4. The van der Waals surface area contributed by atoms with E-state index in [9.17, 15) is 0 Å². The van der Waals surface area contributed by atoms with Gasteiger partial charge in [0.25, 0.3) is 0 Å². The molecule has 0 spiro atoms. The van der Waals surface area contributed by atoms with Gasteiger partial charge in [-0.05, 0) is 30.5 Å². The van der Waals surface area contributed by atoms with Gasteiger partial charge in [0.1, 0.15) is 5.75 Å². The summed E-state index contributed by atoms with van der Waals surface area (Å²) in [6.45, 7) is 3.11. The zero-order valence-corrected chi connectivity index (χ0v) is 14.0. The van der Waals surface area contributed by atoms with Gasteiger partial charge >= 0.3 is 0 Å². The van der Waals surface area contributed by atoms with Crippen molar-refractivity contribution < 1.29 is 4.74 Å². The Labute approximate surface area is 142 Å². The van der Waals surface area contributed by atoms with E-state index in [1.165, 1.54) is 28.5 Å². The van der Waals surface area contributed by atoms with Crippen LogP contribution in [-0.2, 0) is 6.54 Å². The number of aromatic nitrogens is 1. The number of likely N-dealkylation sites (tertiary alicyclic amines) is 1. The third kappa shape index (κ3) is 3.00. The molecule has 0 N–H and O–H groups in total. The van der Waals surface area contributed by atoms with Crippen molar-refractivity contribution in [3.05, 3.63) is 72.1 Å². The highest BCUT2D eigenvalue weighted by Gasteiger charge is 2.25. The number of ether oxygens (including phenoxy) is 1. The van der Waals surface area contributed by atoms with E-state index in [1.807, 2.05) is 18.3 Å². The molecule has 1 unspecified atom stereocenters. The second-order valence-electron chi connectivity index (χ2n) is 6.49. The SMILES string of the molecule is COc1ccccc1CN1CCC(c2cc3ccccc3cn2)C1. The minimum atomic E-state index is 0.518. The Morgan fingerprint density at radius 3 is 2.75 bits per heavy atom. The summed E-state index contributed by atoms with van der Waals surface area (Å²) in [6, 6.07) is 19.0. The summed E-state index contributed by atoms with van der Waals surface area (Å²) in [5, 5.41) is 2.50. The van der Waals surface area contributed by atoms with Gasteiger partial charge in [-0.2, -0.15) is 0 Å². The molecule has 0 radical (unpaired) electrons. The lowest BCUT2D eigenvalue weighted by atomic mass is 10.0. The van der Waals surface area contributed by atoms with Crippen molar-refractivity contribution in [2.45, 2.75) is 18.9 Å². The number of methoxy groups -OCH3 is 1. The van der Waals surface area contributed by atoms with Crippen molar-refractivity contribution in [2.24, 2.45) is 0 Å². The molecule has 1 fully saturated rings. The van der Waals surface area contributed by atoms with Crippen molar-refractivity contribution in [1.29, 1.82) is 0 Å². The van der Waals surface area contributed by atoms with Gasteiger partial charge in [0.15, 0.2) is 0 Å². The fourth-order valence-corrected chi connectivity index (χ4v) is 3.62. The van der Waals surface area contributed by atoms with Gasteiger partial charge in [-0.15, -0.1) is 0 Å². The highest BCUT2D eigenvalue weighted by Crippen LogP contribution is 2.30. The Bertz CT molecular complexity index is 846. The normalized spacial score (nSPS) is 18.1. The molecule has 0 bridgehead atoms. The molecule has 1 aliphatic rings. The summed E-state index contributed by atoms with van der Waals surface area (Å²) in [5.74, 6) is 1.49. The number of benzene rings is 2. The van der Waals surface area contributed by atoms with Crippen LogP contribution >= 0.6 is 0 Å². The molecule has 0 aliphatic carbocycles. The molecule has 1 aromatic heterocycles. The lowest BCUT2D eigenvalue weighted by Crippen LogP contribution is -2.20. The second-order valence-corrected chi connectivity index (χ2v) is 6.49. The standard InChI is InChI=1S/C21H22N2O/c1-24-21-9-5-4-8-19(21)15-23-11-10-18(14-23)20-12-16-6-2-3-7-17(16)13-22-20/h2-9,12-13,18H,10-11,14-15H2,1H3. The molecule has 1 aliphatic heterocycles. The van der Waals surface area contributed by atoms with E-state index >= 15 is 0 Å². The van der Waals surface area contributed by atoms with Gasteiger partial charge in [-0.1, -0.05) is 42.5 Å². The lowest BCUT2D eigenvalue weighted by molar-refractivity contribution is 0.316. The molecule has 3 aromatic rings. The van der Waals surface area contributed by atoms with Gasteiger partial charge in [-0.25, -0.2) is 0 Å². The average molecular weight is 318 g/mol. The summed E-state index contributed by atoms with van der Waals surface area (Å²) in [4.78, 5) is 7.21. The lowest BCUT2D eigenvalue weighted by Gasteiger charge is -2.18. The molecule has 1 atom stereocenters. The first-order valence-corrected chi connectivity index (χ1v) is 8.52. The largest absolute Gasteiger partial charge is 0.496 e. The Balaban J connectivity index is 1.49. The van der Waals surface area contributed by atoms with Crippen LogP contribution in [0.25, 0.3) is 10.8 Å². The third-order valence-electron chi connectivity index (χ3n) is 4.93. The van der Waals surface area contributed by atoms with Crippen molar-refractivity contribution in [3.8, 4) is 5.75 Å². The smallest absolute Gasteiger partial charge is 0.123 e. The average Bonchev–Trinajstić information content (AvgIpc) is 3.10. The molecule has 24 heavy (non-hydrogen) atoms. The van der Waals surface area contributed by atoms with Crippen LogP contribution < -0.4 is 4.74 Å². The van der Waals surface area contributed by atoms with Gasteiger partial charge in [0.2, 0.25) is 0 Å². The maximum atomic E-state index is 5.48. The number of pyridine rings is 1. The Morgan fingerprint density at radius 2 is 1.88 bits per heavy atom. The van der Waals surface area contributed by atoms with Crippen LogP contribution in [0, 0.1) is 0 Å². The number of rotatable bonds is 4. The van der Waals surface area contributed by atoms with Crippen LogP contribution in [-0.4, -0.2) is 30.1 Å². The first kappa shape index (κ1) is 15.2. The fourth-order valence-electron chi connectivity index (χ4n) is 3.62. The summed E-state index contributed by atoms with van der Waals surface area (Å²) in [7, 11) is 1.74. The van der Waals surface area contributed by atoms with Crippen LogP contribution in [0.3, 0.4) is 0 Å². The van der Waals surface area contributed by atoms with Crippen molar-refractivity contribution >= 4 is 10.8 Å². The van der Waals surface area contributed by atoms with E-state index < -0.39 is 0 Å². The van der Waals surface area contributed by atoms with Crippen LogP contribution in [0.15, 0.2) is 60.8 Å². The number of fused-ring (bicyclic) bond motifs is 1. The van der Waals surface area contributed by atoms with Gasteiger partial charge in [-0.3, -0.25) is 9.88 Å². The van der Waals surface area contributed by atoms with Gasteiger partial charge in [0.05, 0.1) is 7.11 Å². The number of nitrogens with zero attached hydrogens (tertiary/aromatic N) is 2. The summed E-state index contributed by atoms with van der Waals surface area (Å²) < 4.78 is 5.48. The summed E-state index contributed by atoms with van der Waals surface area (Å²) >= 11 is 0. The van der Waals surface area contributed by atoms with Crippen LogP contribution in [0.2, 0.25) is 0 Å². The van der Waals surface area contributed by atoms with E-state index in [0.717, 1.165) is 25.4 Å². The van der Waals surface area contributed by atoms with Crippen molar-refractivity contribution in [1.82, 2.24) is 9.88 Å². The van der Waals surface area contributed by atoms with E-state index in [4.69, 9.17) is 9.72 Å². The second kappa shape index (κ2) is 6.62. The highest BCUT2D eigenvalue weighted by atomic mass is 16.5. The predicted molar refractivity (Wildman–Crippen MR) is 97.4 cm³/mol. The Kier molecular flexibility index (Phi) is 4.18. The maximum absolute atomic E-state index is 5.48. The molecule has 3 nitrogen and oxygen atoms in total. The zero-order valence-electron chi connectivity index (χ0n) is 14.0. The van der Waals surface area contributed by atoms with Gasteiger partial charge < -0.3 is 4.74 Å². The minimum absolute atomic E-state index is 0.518. The quantitative estimate of drug-likeness (QED) is 0.720. The molecule has 4 rings (SSSR count). The van der Waals surface area contributed by atoms with E-state index in [-0.39, 0.29) is 0 Å². The molecular weight excluding hydrogens is 296 g/mol. The summed E-state index contributed by atoms with van der Waals surface area (Å²) in [6.07, 6.45) is 3.17. The molecule has 0 amide bonds. The van der Waals surface area contributed by atoms with E-state index in [0.29, 0.717) is 5.92 Å². The number of hydrogen-bond acceptors (Lipinski definition) is 3. The Hall–Kier alpha value is -2.39. The van der Waals surface area contributed by atoms with E-state index in [1.54, 1.807) is 7.11 Å². The Morgan fingerprint density at radius 1 is 1.08 bits per heavy atom. The molecule has 3 heteroatoms. The van der Waals surface area contributed by atoms with Crippen LogP contribution in [0.1, 0.15) is 23.6 Å². The molecule has 2 aromatic carbocycles. The highest BCUT2D eigenvalue weighted by molar-refractivity contribution is 5.81. The first-order valence-electron chi connectivity index (χ1n) is 8.52. The number of para-hydroxylation sites is 1. The van der Waals surface area contributed by atoms with Crippen molar-refractivity contribution in [2.75, 3.05) is 20.2 Å². The van der Waals surface area contributed by atoms with Crippen LogP contribution in [0.5, 0.6) is 5.75 Å². The maximum Gasteiger partial charge on any atom is 0.123 e. The molecule has 1 saturated heterocycles. The first-order chi connectivity index (χ1) is 11.8. The van der Waals surface area contributed by atoms with Gasteiger partial charge in [0, 0.05) is 41.8 Å². The fraction of sp³-hybridized carbons (Fsp3) is 0.286. The monoisotopic (exact) mass is 318 g/mol.